The van der Waals surface area contributed by atoms with Crippen molar-refractivity contribution in [3.63, 3.8) is 0 Å². The van der Waals surface area contributed by atoms with E-state index in [1.54, 1.807) is 11.3 Å². The van der Waals surface area contributed by atoms with Crippen LogP contribution in [0.2, 0.25) is 0 Å². The van der Waals surface area contributed by atoms with Crippen LogP contribution in [-0.4, -0.2) is 38.5 Å². The van der Waals surface area contributed by atoms with Gasteiger partial charge in [-0.2, -0.15) is 4.98 Å². The molecule has 0 aromatic carbocycles. The van der Waals surface area contributed by atoms with Crippen LogP contribution in [0.1, 0.15) is 58.9 Å². The number of nitrogens with zero attached hydrogens (tertiary/aromatic N) is 4. The van der Waals surface area contributed by atoms with Crippen molar-refractivity contribution in [1.82, 2.24) is 25.3 Å². The maximum Gasteiger partial charge on any atom is 0.292 e. The molecule has 0 bridgehead atoms. The average Bonchev–Trinajstić information content (AvgIpc) is 2.96. The highest BCUT2D eigenvalue weighted by molar-refractivity contribution is 7.09. The van der Waals surface area contributed by atoms with Crippen LogP contribution in [0.25, 0.3) is 0 Å². The number of nitrogens with one attached hydrogen (secondary N) is 1. The molecule has 1 N–H and O–H groups in total. The van der Waals surface area contributed by atoms with E-state index in [1.165, 1.54) is 0 Å². The van der Waals surface area contributed by atoms with Gasteiger partial charge in [-0.15, -0.1) is 11.3 Å². The number of hydrogen-bond donors (Lipinski definition) is 1. The summed E-state index contributed by atoms with van der Waals surface area (Å²) in [6.07, 6.45) is 4.13. The summed E-state index contributed by atoms with van der Waals surface area (Å²) >= 11 is 1.66. The van der Waals surface area contributed by atoms with Gasteiger partial charge in [-0.3, -0.25) is 9.69 Å². The van der Waals surface area contributed by atoms with Gasteiger partial charge in [0.1, 0.15) is 0 Å². The van der Waals surface area contributed by atoms with Crippen LogP contribution in [0, 0.1) is 6.92 Å². The van der Waals surface area contributed by atoms with Crippen LogP contribution in [0.3, 0.4) is 0 Å². The quantitative estimate of drug-likeness (QED) is 0.902. The standard InChI is InChI=1S/C15H19N5O2S/c1-9-16-11(8-23-9)7-20-6-2-3-12(20)15-18-13(19-22-15)14(21)17-10-4-5-10/h8,10,12H,2-7H2,1H3,(H,17,21)/t12-/m1/s1. The molecule has 0 spiro atoms. The maximum absolute atomic E-state index is 12.0. The molecular weight excluding hydrogens is 314 g/mol. The van der Waals surface area contributed by atoms with Crippen LogP contribution >= 0.6 is 11.3 Å². The van der Waals surface area contributed by atoms with E-state index in [0.29, 0.717) is 11.9 Å². The Morgan fingerprint density at radius 2 is 2.30 bits per heavy atom. The van der Waals surface area contributed by atoms with Crippen molar-refractivity contribution in [2.24, 2.45) is 0 Å². The molecule has 4 rings (SSSR count). The minimum Gasteiger partial charge on any atom is -0.346 e. The third-order valence-corrected chi connectivity index (χ3v) is 5.06. The molecule has 2 fully saturated rings. The van der Waals surface area contributed by atoms with Crippen LogP contribution in [0.15, 0.2) is 9.90 Å². The van der Waals surface area contributed by atoms with E-state index in [0.717, 1.165) is 49.5 Å². The van der Waals surface area contributed by atoms with Gasteiger partial charge in [0, 0.05) is 18.0 Å². The smallest absolute Gasteiger partial charge is 0.292 e. The lowest BCUT2D eigenvalue weighted by molar-refractivity contribution is 0.0937. The first kappa shape index (κ1) is 14.8. The number of likely N-dealkylation sites (tertiary alicyclic amines) is 1. The van der Waals surface area contributed by atoms with Crippen molar-refractivity contribution in [2.45, 2.75) is 51.2 Å². The molecule has 1 atom stereocenters. The maximum atomic E-state index is 12.0. The van der Waals surface area contributed by atoms with Gasteiger partial charge in [0.05, 0.1) is 16.7 Å². The minimum absolute atomic E-state index is 0.0759. The number of aryl methyl sites for hydroxylation is 1. The van der Waals surface area contributed by atoms with Crippen molar-refractivity contribution >= 4 is 17.2 Å². The Morgan fingerprint density at radius 1 is 1.43 bits per heavy atom. The molecule has 2 aromatic rings. The zero-order valence-electron chi connectivity index (χ0n) is 13.0. The highest BCUT2D eigenvalue weighted by Crippen LogP contribution is 2.32. The van der Waals surface area contributed by atoms with E-state index in [1.807, 2.05) is 6.92 Å². The topological polar surface area (TPSA) is 84.2 Å². The number of amides is 1. The fourth-order valence-corrected chi connectivity index (χ4v) is 3.53. The fraction of sp³-hybridized carbons (Fsp3) is 0.600. The van der Waals surface area contributed by atoms with Gasteiger partial charge in [-0.05, 0) is 39.2 Å². The summed E-state index contributed by atoms with van der Waals surface area (Å²) in [6, 6.07) is 0.368. The molecule has 0 radical (unpaired) electrons. The van der Waals surface area contributed by atoms with E-state index in [9.17, 15) is 4.79 Å². The Balaban J connectivity index is 1.45. The van der Waals surface area contributed by atoms with Crippen LogP contribution in [0.4, 0.5) is 0 Å². The summed E-state index contributed by atoms with van der Waals surface area (Å²) in [6.45, 7) is 3.77. The molecule has 1 aliphatic heterocycles. The van der Waals surface area contributed by atoms with Gasteiger partial charge in [-0.1, -0.05) is 5.16 Å². The Hall–Kier alpha value is -1.80. The third-order valence-electron chi connectivity index (χ3n) is 4.24. The lowest BCUT2D eigenvalue weighted by Gasteiger charge is -2.20. The lowest BCUT2D eigenvalue weighted by atomic mass is 10.2. The van der Waals surface area contributed by atoms with Gasteiger partial charge in [0.25, 0.3) is 11.7 Å². The first-order valence-electron chi connectivity index (χ1n) is 7.98. The molecule has 7 nitrogen and oxygen atoms in total. The van der Waals surface area contributed by atoms with Crippen LogP contribution in [-0.2, 0) is 6.54 Å². The molecule has 3 heterocycles. The van der Waals surface area contributed by atoms with E-state index < -0.39 is 0 Å². The molecular formula is C15H19N5O2S. The summed E-state index contributed by atoms with van der Waals surface area (Å²) < 4.78 is 5.36. The average molecular weight is 333 g/mol. The number of hydrogen-bond acceptors (Lipinski definition) is 7. The number of thiazole rings is 1. The SMILES string of the molecule is Cc1nc(CN2CCC[C@@H]2c2nc(C(=O)NC3CC3)no2)cs1. The van der Waals surface area contributed by atoms with E-state index in [4.69, 9.17) is 4.52 Å². The summed E-state index contributed by atoms with van der Waals surface area (Å²) in [4.78, 5) is 23.1. The summed E-state index contributed by atoms with van der Waals surface area (Å²) in [5.41, 5.74) is 1.07. The predicted octanol–water partition coefficient (Wildman–Crippen LogP) is 2.06. The zero-order valence-corrected chi connectivity index (χ0v) is 13.8. The molecule has 0 unspecified atom stereocenters. The summed E-state index contributed by atoms with van der Waals surface area (Å²) in [5.74, 6) is 0.445. The van der Waals surface area contributed by atoms with Gasteiger partial charge < -0.3 is 9.84 Å². The normalized spacial score (nSPS) is 21.7. The second-order valence-electron chi connectivity index (χ2n) is 6.19. The van der Waals surface area contributed by atoms with E-state index in [2.05, 4.69) is 30.7 Å². The van der Waals surface area contributed by atoms with Crippen LogP contribution < -0.4 is 5.32 Å². The number of aromatic nitrogens is 3. The number of carbonyl (C=O) groups excluding carboxylic acids is 1. The lowest BCUT2D eigenvalue weighted by Crippen LogP contribution is -2.27. The minimum atomic E-state index is -0.234. The highest BCUT2D eigenvalue weighted by atomic mass is 32.1. The number of rotatable bonds is 5. The molecule has 2 aromatic heterocycles. The van der Waals surface area contributed by atoms with E-state index in [-0.39, 0.29) is 17.8 Å². The van der Waals surface area contributed by atoms with Crippen LogP contribution in [0.5, 0.6) is 0 Å². The molecule has 1 aliphatic carbocycles. The van der Waals surface area contributed by atoms with Gasteiger partial charge in [-0.25, -0.2) is 4.98 Å². The molecule has 1 saturated carbocycles. The summed E-state index contributed by atoms with van der Waals surface area (Å²) in [5, 5.41) is 9.90. The van der Waals surface area contributed by atoms with Crippen molar-refractivity contribution < 1.29 is 9.32 Å². The van der Waals surface area contributed by atoms with E-state index >= 15 is 0 Å². The van der Waals surface area contributed by atoms with Gasteiger partial charge >= 0.3 is 0 Å². The zero-order chi connectivity index (χ0) is 15.8. The first-order chi connectivity index (χ1) is 11.2. The Labute approximate surface area is 138 Å². The molecule has 23 heavy (non-hydrogen) atoms. The molecule has 8 heteroatoms. The second kappa shape index (κ2) is 6.01. The van der Waals surface area contributed by atoms with Gasteiger partial charge in [0.2, 0.25) is 5.89 Å². The molecule has 1 amide bonds. The predicted molar refractivity (Wildman–Crippen MR) is 84.0 cm³/mol. The Kier molecular flexibility index (Phi) is 3.86. The summed E-state index contributed by atoms with van der Waals surface area (Å²) in [7, 11) is 0. The van der Waals surface area contributed by atoms with Gasteiger partial charge in [0.15, 0.2) is 0 Å². The monoisotopic (exact) mass is 333 g/mol. The highest BCUT2D eigenvalue weighted by Gasteiger charge is 2.32. The third kappa shape index (κ3) is 3.28. The van der Waals surface area contributed by atoms with Crippen molar-refractivity contribution in [3.8, 4) is 0 Å². The first-order valence-corrected chi connectivity index (χ1v) is 8.86. The molecule has 2 aliphatic rings. The molecule has 122 valence electrons. The number of carbonyl (C=O) groups is 1. The van der Waals surface area contributed by atoms with Crippen molar-refractivity contribution in [1.29, 1.82) is 0 Å². The van der Waals surface area contributed by atoms with Crippen molar-refractivity contribution in [3.05, 3.63) is 27.8 Å². The Bertz CT molecular complexity index is 708. The van der Waals surface area contributed by atoms with Crippen molar-refractivity contribution in [2.75, 3.05) is 6.54 Å². The Morgan fingerprint density at radius 3 is 3.04 bits per heavy atom. The largest absolute Gasteiger partial charge is 0.346 e. The fourth-order valence-electron chi connectivity index (χ4n) is 2.92. The molecule has 1 saturated heterocycles. The second-order valence-corrected chi connectivity index (χ2v) is 7.25.